The highest BCUT2D eigenvalue weighted by atomic mass is 16.6. The van der Waals surface area contributed by atoms with E-state index in [0.717, 1.165) is 0 Å². The van der Waals surface area contributed by atoms with Gasteiger partial charge < -0.3 is 28.8 Å². The van der Waals surface area contributed by atoms with Crippen LogP contribution in [-0.2, 0) is 9.59 Å². The van der Waals surface area contributed by atoms with Crippen molar-refractivity contribution in [1.82, 2.24) is 0 Å². The molecule has 3 aliphatic heterocycles. The average Bonchev–Trinajstić information content (AvgIpc) is 3.22. The summed E-state index contributed by atoms with van der Waals surface area (Å²) in [4.78, 5) is 28.3. The highest BCUT2D eigenvalue weighted by Crippen LogP contribution is 2.45. The largest absolute Gasteiger partial charge is 0.507 e. The number of hydrogen-bond donors (Lipinski definition) is 1. The fraction of sp³-hybridized carbons (Fsp3) is 0.214. The van der Waals surface area contributed by atoms with Gasteiger partial charge >= 0.3 is 0 Å². The maximum Gasteiger partial charge on any atom is 0.300 e. The Bertz CT molecular complexity index is 1430. The number of aliphatic hydroxyl groups excluding tert-OH is 1. The Kier molecular flexibility index (Phi) is 5.60. The van der Waals surface area contributed by atoms with E-state index in [9.17, 15) is 14.7 Å². The van der Waals surface area contributed by atoms with Crippen LogP contribution in [0.15, 0.2) is 66.2 Å². The molecule has 1 N–H and O–H groups in total. The lowest BCUT2D eigenvalue weighted by Gasteiger charge is -2.27. The van der Waals surface area contributed by atoms with Crippen molar-refractivity contribution in [1.29, 1.82) is 0 Å². The van der Waals surface area contributed by atoms with Gasteiger partial charge in [-0.05, 0) is 48.0 Å². The van der Waals surface area contributed by atoms with Gasteiger partial charge in [0.25, 0.3) is 11.7 Å². The van der Waals surface area contributed by atoms with Crippen molar-refractivity contribution in [2.45, 2.75) is 6.04 Å². The second-order valence-electron chi connectivity index (χ2n) is 8.63. The van der Waals surface area contributed by atoms with Gasteiger partial charge in [-0.1, -0.05) is 12.1 Å². The zero-order chi connectivity index (χ0) is 25.5. The summed E-state index contributed by atoms with van der Waals surface area (Å²) in [6.45, 7) is 1.60. The summed E-state index contributed by atoms with van der Waals surface area (Å²) in [6, 6.07) is 16.1. The summed E-state index contributed by atoms with van der Waals surface area (Å²) in [5.74, 6) is 0.779. The predicted molar refractivity (Wildman–Crippen MR) is 133 cm³/mol. The second kappa shape index (κ2) is 9.09. The third kappa shape index (κ3) is 3.88. The fourth-order valence-electron chi connectivity index (χ4n) is 4.73. The zero-order valence-corrected chi connectivity index (χ0v) is 19.9. The number of methoxy groups -OCH3 is 1. The Morgan fingerprint density at radius 2 is 1.41 bits per heavy atom. The van der Waals surface area contributed by atoms with Crippen LogP contribution in [-0.4, -0.2) is 50.3 Å². The van der Waals surface area contributed by atoms with Gasteiger partial charge in [-0.2, -0.15) is 0 Å². The lowest BCUT2D eigenvalue weighted by Crippen LogP contribution is -2.29. The maximum atomic E-state index is 13.4. The quantitative estimate of drug-likeness (QED) is 0.327. The molecule has 9 nitrogen and oxygen atoms in total. The van der Waals surface area contributed by atoms with Crippen molar-refractivity contribution < 1.29 is 38.4 Å². The molecule has 0 saturated carbocycles. The van der Waals surface area contributed by atoms with E-state index in [0.29, 0.717) is 72.0 Å². The fourth-order valence-corrected chi connectivity index (χ4v) is 4.73. The number of amides is 1. The molecular formula is C28H23NO8. The molecule has 0 aliphatic carbocycles. The van der Waals surface area contributed by atoms with Gasteiger partial charge in [0.2, 0.25) is 0 Å². The average molecular weight is 501 g/mol. The number of ketones is 1. The van der Waals surface area contributed by atoms with E-state index in [2.05, 4.69) is 0 Å². The predicted octanol–water partition coefficient (Wildman–Crippen LogP) is 3.86. The van der Waals surface area contributed by atoms with Gasteiger partial charge in [0.1, 0.15) is 37.9 Å². The van der Waals surface area contributed by atoms with E-state index in [1.807, 2.05) is 0 Å². The first-order valence-corrected chi connectivity index (χ1v) is 11.8. The van der Waals surface area contributed by atoms with Crippen molar-refractivity contribution in [3.63, 3.8) is 0 Å². The highest BCUT2D eigenvalue weighted by molar-refractivity contribution is 6.51. The molecule has 3 aromatic carbocycles. The molecule has 6 rings (SSSR count). The summed E-state index contributed by atoms with van der Waals surface area (Å²) >= 11 is 0. The van der Waals surface area contributed by atoms with Crippen molar-refractivity contribution >= 4 is 23.1 Å². The smallest absolute Gasteiger partial charge is 0.300 e. The van der Waals surface area contributed by atoms with Gasteiger partial charge in [-0.15, -0.1) is 0 Å². The van der Waals surface area contributed by atoms with Crippen LogP contribution in [0.3, 0.4) is 0 Å². The molecule has 9 heteroatoms. The zero-order valence-electron chi connectivity index (χ0n) is 19.9. The molecule has 1 unspecified atom stereocenters. The van der Waals surface area contributed by atoms with Crippen LogP contribution < -0.4 is 28.6 Å². The van der Waals surface area contributed by atoms with Crippen LogP contribution in [0.25, 0.3) is 5.76 Å². The van der Waals surface area contributed by atoms with Gasteiger partial charge in [0.15, 0.2) is 23.0 Å². The first kappa shape index (κ1) is 22.8. The maximum absolute atomic E-state index is 13.4. The van der Waals surface area contributed by atoms with Crippen molar-refractivity contribution in [3.05, 3.63) is 77.4 Å². The minimum Gasteiger partial charge on any atom is -0.507 e. The van der Waals surface area contributed by atoms with Gasteiger partial charge in [-0.25, -0.2) is 0 Å². The Hall–Kier alpha value is -4.66. The number of carbonyl (C=O) groups excluding carboxylic acids is 2. The second-order valence-corrected chi connectivity index (χ2v) is 8.63. The molecule has 1 fully saturated rings. The molecule has 1 amide bonds. The number of aliphatic hydroxyl groups is 1. The van der Waals surface area contributed by atoms with E-state index in [1.54, 1.807) is 67.8 Å². The van der Waals surface area contributed by atoms with Gasteiger partial charge in [0, 0.05) is 17.3 Å². The Balaban J connectivity index is 1.50. The van der Waals surface area contributed by atoms with E-state index in [1.165, 1.54) is 4.90 Å². The molecule has 1 atom stereocenters. The normalized spacial score (nSPS) is 19.6. The van der Waals surface area contributed by atoms with Crippen molar-refractivity contribution in [2.75, 3.05) is 38.4 Å². The lowest BCUT2D eigenvalue weighted by atomic mass is 9.95. The van der Waals surface area contributed by atoms with E-state index in [4.69, 9.17) is 23.7 Å². The van der Waals surface area contributed by atoms with Crippen molar-refractivity contribution in [2.24, 2.45) is 0 Å². The summed E-state index contributed by atoms with van der Waals surface area (Å²) in [5, 5.41) is 11.4. The summed E-state index contributed by atoms with van der Waals surface area (Å²) in [7, 11) is 1.55. The SMILES string of the molecule is COc1ccc(C2/C(=C(\O)c3ccc4c(c3)OCCO4)C(=O)C(=O)N2c2ccc3c(c2)OCCO3)cc1. The number of hydrogen-bond acceptors (Lipinski definition) is 8. The van der Waals surface area contributed by atoms with E-state index >= 15 is 0 Å². The lowest BCUT2D eigenvalue weighted by molar-refractivity contribution is -0.132. The molecule has 37 heavy (non-hydrogen) atoms. The summed E-state index contributed by atoms with van der Waals surface area (Å²) in [5.41, 5.74) is 1.35. The first-order valence-electron chi connectivity index (χ1n) is 11.8. The molecule has 0 spiro atoms. The first-order chi connectivity index (χ1) is 18.0. The number of benzene rings is 3. The number of carbonyl (C=O) groups is 2. The molecule has 188 valence electrons. The molecule has 3 heterocycles. The van der Waals surface area contributed by atoms with Crippen LogP contribution in [0.4, 0.5) is 5.69 Å². The number of Topliss-reactive ketones (excluding diaryl/α,β-unsaturated/α-hetero) is 1. The molecule has 3 aromatic rings. The van der Waals surface area contributed by atoms with Crippen LogP contribution in [0.5, 0.6) is 28.7 Å². The molecule has 0 bridgehead atoms. The monoisotopic (exact) mass is 501 g/mol. The van der Waals surface area contributed by atoms with Crippen molar-refractivity contribution in [3.8, 4) is 28.7 Å². The molecular weight excluding hydrogens is 478 g/mol. The molecule has 3 aliphatic rings. The third-order valence-electron chi connectivity index (χ3n) is 6.50. The number of nitrogens with zero attached hydrogens (tertiary/aromatic N) is 1. The Morgan fingerprint density at radius 1 is 0.811 bits per heavy atom. The Labute approximate surface area is 212 Å². The number of rotatable bonds is 4. The van der Waals surface area contributed by atoms with Crippen LogP contribution >= 0.6 is 0 Å². The highest BCUT2D eigenvalue weighted by Gasteiger charge is 2.47. The van der Waals surface area contributed by atoms with Crippen LogP contribution in [0, 0.1) is 0 Å². The third-order valence-corrected chi connectivity index (χ3v) is 6.50. The number of anilines is 1. The minimum absolute atomic E-state index is 0.0401. The molecule has 0 aromatic heterocycles. The summed E-state index contributed by atoms with van der Waals surface area (Å²) in [6.07, 6.45) is 0. The van der Waals surface area contributed by atoms with Gasteiger partial charge in [-0.3, -0.25) is 14.5 Å². The van der Waals surface area contributed by atoms with Gasteiger partial charge in [0.05, 0.1) is 18.7 Å². The van der Waals surface area contributed by atoms with Crippen LogP contribution in [0.2, 0.25) is 0 Å². The number of ether oxygens (including phenoxy) is 5. The Morgan fingerprint density at radius 3 is 2.05 bits per heavy atom. The molecule has 0 radical (unpaired) electrons. The molecule has 1 saturated heterocycles. The van der Waals surface area contributed by atoms with E-state index < -0.39 is 17.7 Å². The standard InChI is InChI=1S/C28H23NO8/c1-33-19-6-2-16(3-7-19)25-24(26(30)17-4-8-20-22(14-17)36-12-10-34-20)27(31)28(32)29(25)18-5-9-21-23(15-18)37-13-11-35-21/h2-9,14-15,25,30H,10-13H2,1H3/b26-24+. The minimum atomic E-state index is -0.901. The summed E-state index contributed by atoms with van der Waals surface area (Å²) < 4.78 is 27.8. The number of fused-ring (bicyclic) bond motifs is 2. The topological polar surface area (TPSA) is 104 Å². The van der Waals surface area contributed by atoms with E-state index in [-0.39, 0.29) is 11.3 Å². The van der Waals surface area contributed by atoms with Crippen LogP contribution in [0.1, 0.15) is 17.2 Å².